The molecule has 0 saturated carbocycles. The van der Waals surface area contributed by atoms with Crippen LogP contribution in [0.25, 0.3) is 10.1 Å². The minimum absolute atomic E-state index is 0.0699. The van der Waals surface area contributed by atoms with Crippen LogP contribution >= 0.6 is 11.3 Å². The quantitative estimate of drug-likeness (QED) is 0.562. The lowest BCUT2D eigenvalue weighted by atomic mass is 9.96. The van der Waals surface area contributed by atoms with Gasteiger partial charge in [0.1, 0.15) is 11.5 Å². The molecule has 1 unspecified atom stereocenters. The molecule has 0 aliphatic carbocycles. The molecule has 3 N–H and O–H groups in total. The van der Waals surface area contributed by atoms with E-state index in [1.165, 1.54) is 26.8 Å². The van der Waals surface area contributed by atoms with Crippen molar-refractivity contribution in [1.82, 2.24) is 5.43 Å². The van der Waals surface area contributed by atoms with Crippen molar-refractivity contribution in [3.63, 3.8) is 0 Å². The summed E-state index contributed by atoms with van der Waals surface area (Å²) in [6.07, 6.45) is 0.862. The van der Waals surface area contributed by atoms with E-state index in [2.05, 4.69) is 42.0 Å². The van der Waals surface area contributed by atoms with Crippen molar-refractivity contribution in [1.29, 1.82) is 0 Å². The van der Waals surface area contributed by atoms with Crippen molar-refractivity contribution >= 4 is 21.4 Å². The second-order valence-electron chi connectivity index (χ2n) is 5.43. The minimum atomic E-state index is 0.0699. The molecule has 21 heavy (non-hydrogen) atoms. The van der Waals surface area contributed by atoms with E-state index in [4.69, 9.17) is 10.3 Å². The number of nitrogens with two attached hydrogens (primary N) is 1. The van der Waals surface area contributed by atoms with E-state index < -0.39 is 0 Å². The second kappa shape index (κ2) is 5.64. The van der Waals surface area contributed by atoms with Crippen LogP contribution in [0.2, 0.25) is 0 Å². The molecular formula is C17H20N2OS. The highest BCUT2D eigenvalue weighted by Gasteiger charge is 2.21. The van der Waals surface area contributed by atoms with E-state index in [1.54, 1.807) is 11.3 Å². The number of hydrogen-bond acceptors (Lipinski definition) is 4. The first-order chi connectivity index (χ1) is 10.1. The van der Waals surface area contributed by atoms with Gasteiger partial charge in [-0.25, -0.2) is 0 Å². The summed E-state index contributed by atoms with van der Waals surface area (Å²) in [4.78, 5) is 0. The molecule has 0 fully saturated rings. The molecule has 0 radical (unpaired) electrons. The molecule has 0 aliphatic heterocycles. The average Bonchev–Trinajstić information content (AvgIpc) is 2.99. The third-order valence-corrected chi connectivity index (χ3v) is 5.16. The Labute approximate surface area is 128 Å². The van der Waals surface area contributed by atoms with Gasteiger partial charge in [0.2, 0.25) is 0 Å². The van der Waals surface area contributed by atoms with Crippen LogP contribution in [0.15, 0.2) is 34.1 Å². The number of hydrogen-bond donors (Lipinski definition) is 2. The summed E-state index contributed by atoms with van der Waals surface area (Å²) in [6, 6.07) is 8.57. The fourth-order valence-corrected chi connectivity index (χ4v) is 3.95. The normalized spacial score (nSPS) is 13.0. The molecule has 2 heterocycles. The van der Waals surface area contributed by atoms with Gasteiger partial charge in [0, 0.05) is 10.3 Å². The molecule has 0 saturated heterocycles. The number of nitrogens with one attached hydrogen (secondary N) is 1. The Hall–Kier alpha value is -1.62. The zero-order valence-corrected chi connectivity index (χ0v) is 13.4. The smallest absolute Gasteiger partial charge is 0.106 e. The first-order valence-electron chi connectivity index (χ1n) is 7.09. The Morgan fingerprint density at radius 3 is 2.62 bits per heavy atom. The maximum Gasteiger partial charge on any atom is 0.106 e. The van der Waals surface area contributed by atoms with Crippen LogP contribution in [0.1, 0.15) is 34.3 Å². The number of fused-ring (bicyclic) bond motifs is 1. The Morgan fingerprint density at radius 1 is 1.19 bits per heavy atom. The van der Waals surface area contributed by atoms with Gasteiger partial charge in [0.15, 0.2) is 0 Å². The Kier molecular flexibility index (Phi) is 3.85. The highest BCUT2D eigenvalue weighted by Crippen LogP contribution is 2.32. The summed E-state index contributed by atoms with van der Waals surface area (Å²) in [7, 11) is 0. The van der Waals surface area contributed by atoms with Crippen LogP contribution in [-0.2, 0) is 6.42 Å². The maximum atomic E-state index is 5.82. The number of furan rings is 1. The molecule has 3 rings (SSSR count). The van der Waals surface area contributed by atoms with Crippen LogP contribution in [0, 0.1) is 20.8 Å². The van der Waals surface area contributed by atoms with E-state index in [-0.39, 0.29) is 6.04 Å². The molecular weight excluding hydrogens is 280 g/mol. The summed E-state index contributed by atoms with van der Waals surface area (Å²) < 4.78 is 7.06. The summed E-state index contributed by atoms with van der Waals surface area (Å²) in [5.41, 5.74) is 6.67. The van der Waals surface area contributed by atoms with Crippen molar-refractivity contribution < 1.29 is 4.42 Å². The Balaban J connectivity index is 1.98. The SMILES string of the molecule is Cc1oc(C)c(C(Cc2csc3ccccc23)NN)c1C. The first-order valence-corrected chi connectivity index (χ1v) is 7.97. The number of hydrazine groups is 1. The van der Waals surface area contributed by atoms with Gasteiger partial charge < -0.3 is 4.42 Å². The van der Waals surface area contributed by atoms with Crippen molar-refractivity contribution in [3.05, 3.63) is 57.9 Å². The molecule has 3 nitrogen and oxygen atoms in total. The third kappa shape index (κ3) is 2.50. The van der Waals surface area contributed by atoms with Crippen LogP contribution in [0.3, 0.4) is 0 Å². The average molecular weight is 300 g/mol. The maximum absolute atomic E-state index is 5.82. The number of aryl methyl sites for hydroxylation is 2. The zero-order valence-electron chi connectivity index (χ0n) is 12.6. The summed E-state index contributed by atoms with van der Waals surface area (Å²) in [5, 5.41) is 3.55. The molecule has 4 heteroatoms. The topological polar surface area (TPSA) is 51.2 Å². The highest BCUT2D eigenvalue weighted by atomic mass is 32.1. The lowest BCUT2D eigenvalue weighted by molar-refractivity contribution is 0.484. The lowest BCUT2D eigenvalue weighted by Crippen LogP contribution is -2.30. The summed E-state index contributed by atoms with van der Waals surface area (Å²) in [5.74, 6) is 7.75. The molecule has 110 valence electrons. The number of benzene rings is 1. The molecule has 1 aromatic carbocycles. The second-order valence-corrected chi connectivity index (χ2v) is 6.34. The summed E-state index contributed by atoms with van der Waals surface area (Å²) >= 11 is 1.78. The van der Waals surface area contributed by atoms with Gasteiger partial charge >= 0.3 is 0 Å². The van der Waals surface area contributed by atoms with Crippen molar-refractivity contribution in [2.24, 2.45) is 5.84 Å². The van der Waals surface area contributed by atoms with Crippen molar-refractivity contribution in [2.75, 3.05) is 0 Å². The standard InChI is InChI=1S/C17H20N2OS/c1-10-11(2)20-12(3)17(10)15(19-18)8-13-9-21-16-7-5-4-6-14(13)16/h4-7,9,15,19H,8,18H2,1-3H3. The monoisotopic (exact) mass is 300 g/mol. The van der Waals surface area contributed by atoms with Crippen molar-refractivity contribution in [2.45, 2.75) is 33.2 Å². The van der Waals surface area contributed by atoms with Gasteiger partial charge in [-0.15, -0.1) is 11.3 Å². The fourth-order valence-electron chi connectivity index (χ4n) is 2.98. The molecule has 0 bridgehead atoms. The zero-order chi connectivity index (χ0) is 15.0. The third-order valence-electron chi connectivity index (χ3n) is 4.15. The molecule has 0 amide bonds. The van der Waals surface area contributed by atoms with Gasteiger partial charge in [-0.3, -0.25) is 11.3 Å². The first kappa shape index (κ1) is 14.3. The fraction of sp³-hybridized carbons (Fsp3) is 0.294. The van der Waals surface area contributed by atoms with Gasteiger partial charge in [-0.05, 0) is 55.2 Å². The van der Waals surface area contributed by atoms with Crippen LogP contribution in [-0.4, -0.2) is 0 Å². The molecule has 1 atom stereocenters. The van der Waals surface area contributed by atoms with Crippen molar-refractivity contribution in [3.8, 4) is 0 Å². The predicted octanol–water partition coefficient (Wildman–Crippen LogP) is 4.17. The molecule has 2 aromatic heterocycles. The number of rotatable bonds is 4. The molecule has 0 spiro atoms. The highest BCUT2D eigenvalue weighted by molar-refractivity contribution is 7.17. The van der Waals surface area contributed by atoms with E-state index in [0.717, 1.165) is 17.9 Å². The summed E-state index contributed by atoms with van der Waals surface area (Å²) in [6.45, 7) is 6.10. The Morgan fingerprint density at radius 2 is 1.95 bits per heavy atom. The van der Waals surface area contributed by atoms with E-state index in [0.29, 0.717) is 0 Å². The minimum Gasteiger partial charge on any atom is -0.466 e. The van der Waals surface area contributed by atoms with E-state index in [9.17, 15) is 0 Å². The predicted molar refractivity (Wildman–Crippen MR) is 88.5 cm³/mol. The van der Waals surface area contributed by atoms with E-state index in [1.807, 2.05) is 13.8 Å². The van der Waals surface area contributed by atoms with Crippen LogP contribution < -0.4 is 11.3 Å². The van der Waals surface area contributed by atoms with Crippen LogP contribution in [0.4, 0.5) is 0 Å². The largest absolute Gasteiger partial charge is 0.466 e. The van der Waals surface area contributed by atoms with Gasteiger partial charge in [0.05, 0.1) is 6.04 Å². The lowest BCUT2D eigenvalue weighted by Gasteiger charge is -2.16. The van der Waals surface area contributed by atoms with Crippen LogP contribution in [0.5, 0.6) is 0 Å². The molecule has 0 aliphatic rings. The molecule has 3 aromatic rings. The van der Waals surface area contributed by atoms with Gasteiger partial charge in [0.25, 0.3) is 0 Å². The van der Waals surface area contributed by atoms with E-state index >= 15 is 0 Å². The Bertz CT molecular complexity index is 772. The van der Waals surface area contributed by atoms with Gasteiger partial charge in [-0.1, -0.05) is 18.2 Å². The van der Waals surface area contributed by atoms with Gasteiger partial charge in [-0.2, -0.15) is 0 Å². The number of thiophene rings is 1.